The lowest BCUT2D eigenvalue weighted by Crippen LogP contribution is -2.50. The zero-order valence-electron chi connectivity index (χ0n) is 11.2. The van der Waals surface area contributed by atoms with Gasteiger partial charge >= 0.3 is 0 Å². The van der Waals surface area contributed by atoms with Crippen LogP contribution in [0.1, 0.15) is 18.4 Å². The van der Waals surface area contributed by atoms with E-state index in [1.54, 1.807) is 23.1 Å². The first-order valence-electron chi connectivity index (χ1n) is 6.47. The third kappa shape index (κ3) is 3.43. The van der Waals surface area contributed by atoms with Gasteiger partial charge in [0, 0.05) is 6.54 Å². The van der Waals surface area contributed by atoms with Gasteiger partial charge in [0.05, 0.1) is 4.75 Å². The molecular weight excluding hydrogens is 278 g/mol. The number of rotatable bonds is 5. The Morgan fingerprint density at radius 2 is 2.32 bits per heavy atom. The maximum Gasteiger partial charge on any atom is 0.155 e. The molecule has 0 unspecified atom stereocenters. The zero-order chi connectivity index (χ0) is 13.7. The normalized spacial score (nSPS) is 20.6. The molecule has 2 heterocycles. The SMILES string of the molecule is CSC1(C(N)=NO)CCN(CCc2ccsc2)CC1. The summed E-state index contributed by atoms with van der Waals surface area (Å²) in [6.45, 7) is 3.12. The van der Waals surface area contributed by atoms with Crippen LogP contribution < -0.4 is 5.73 Å². The molecule has 0 atom stereocenters. The van der Waals surface area contributed by atoms with Gasteiger partial charge in [-0.25, -0.2) is 0 Å². The molecule has 1 aliphatic heterocycles. The van der Waals surface area contributed by atoms with E-state index in [-0.39, 0.29) is 4.75 Å². The monoisotopic (exact) mass is 299 g/mol. The van der Waals surface area contributed by atoms with E-state index >= 15 is 0 Å². The second-order valence-electron chi connectivity index (χ2n) is 4.91. The quantitative estimate of drug-likeness (QED) is 0.379. The molecule has 1 saturated heterocycles. The summed E-state index contributed by atoms with van der Waals surface area (Å²) in [4.78, 5) is 2.47. The Kier molecular flexibility index (Phi) is 5.13. The highest BCUT2D eigenvalue weighted by molar-refractivity contribution is 8.00. The summed E-state index contributed by atoms with van der Waals surface area (Å²) in [5, 5.41) is 16.5. The highest BCUT2D eigenvalue weighted by Crippen LogP contribution is 2.34. The molecule has 0 saturated carbocycles. The number of nitrogens with zero attached hydrogens (tertiary/aromatic N) is 2. The highest BCUT2D eigenvalue weighted by Gasteiger charge is 2.37. The van der Waals surface area contributed by atoms with E-state index in [0.29, 0.717) is 5.84 Å². The molecule has 3 N–H and O–H groups in total. The maximum absolute atomic E-state index is 8.91. The summed E-state index contributed by atoms with van der Waals surface area (Å²) in [5.74, 6) is 0.373. The van der Waals surface area contributed by atoms with Gasteiger partial charge in [-0.15, -0.1) is 0 Å². The number of hydrogen-bond acceptors (Lipinski definition) is 5. The van der Waals surface area contributed by atoms with Crippen LogP contribution in [0.2, 0.25) is 0 Å². The van der Waals surface area contributed by atoms with Gasteiger partial charge in [-0.1, -0.05) is 5.16 Å². The Bertz CT molecular complexity index is 412. The molecule has 2 rings (SSSR count). The van der Waals surface area contributed by atoms with E-state index in [9.17, 15) is 0 Å². The Labute approximate surface area is 122 Å². The molecule has 0 aromatic carbocycles. The molecule has 1 fully saturated rings. The molecule has 0 radical (unpaired) electrons. The van der Waals surface area contributed by atoms with Gasteiger partial charge < -0.3 is 15.8 Å². The van der Waals surface area contributed by atoms with Crippen molar-refractivity contribution in [3.8, 4) is 0 Å². The fourth-order valence-corrected chi connectivity index (χ4v) is 4.06. The van der Waals surface area contributed by atoms with Crippen molar-refractivity contribution >= 4 is 28.9 Å². The van der Waals surface area contributed by atoms with Crippen LogP contribution in [0.15, 0.2) is 22.0 Å². The average molecular weight is 299 g/mol. The Hall–Kier alpha value is -0.720. The summed E-state index contributed by atoms with van der Waals surface area (Å²) >= 11 is 3.46. The molecule has 106 valence electrons. The minimum Gasteiger partial charge on any atom is -0.409 e. The third-order valence-electron chi connectivity index (χ3n) is 3.93. The third-order valence-corrected chi connectivity index (χ3v) is 6.06. The summed E-state index contributed by atoms with van der Waals surface area (Å²) in [7, 11) is 0. The number of hydrogen-bond donors (Lipinski definition) is 2. The lowest BCUT2D eigenvalue weighted by atomic mass is 9.94. The van der Waals surface area contributed by atoms with Gasteiger partial charge in [-0.3, -0.25) is 0 Å². The molecule has 0 aliphatic carbocycles. The van der Waals surface area contributed by atoms with Gasteiger partial charge in [0.15, 0.2) is 5.84 Å². The fraction of sp³-hybridized carbons (Fsp3) is 0.615. The number of nitrogens with two attached hydrogens (primary N) is 1. The molecule has 0 bridgehead atoms. The average Bonchev–Trinajstić information content (AvgIpc) is 2.98. The number of piperidine rings is 1. The van der Waals surface area contributed by atoms with Crippen LogP contribution in [-0.4, -0.2) is 46.6 Å². The number of thiophene rings is 1. The molecule has 0 spiro atoms. The van der Waals surface area contributed by atoms with Crippen molar-refractivity contribution in [2.45, 2.75) is 24.0 Å². The summed E-state index contributed by atoms with van der Waals surface area (Å²) in [6, 6.07) is 2.19. The van der Waals surface area contributed by atoms with E-state index in [2.05, 4.69) is 26.9 Å². The van der Waals surface area contributed by atoms with Crippen molar-refractivity contribution in [1.29, 1.82) is 0 Å². The predicted molar refractivity (Wildman–Crippen MR) is 83.4 cm³/mol. The Morgan fingerprint density at radius 1 is 1.58 bits per heavy atom. The van der Waals surface area contributed by atoms with Crippen LogP contribution in [0.3, 0.4) is 0 Å². The second-order valence-corrected chi connectivity index (χ2v) is 6.88. The minimum absolute atomic E-state index is 0.173. The molecule has 1 aromatic heterocycles. The number of oxime groups is 1. The van der Waals surface area contributed by atoms with Crippen molar-refractivity contribution < 1.29 is 5.21 Å². The first kappa shape index (κ1) is 14.7. The van der Waals surface area contributed by atoms with E-state index in [1.165, 1.54) is 5.56 Å². The molecule has 19 heavy (non-hydrogen) atoms. The lowest BCUT2D eigenvalue weighted by molar-refractivity contribution is 0.219. The van der Waals surface area contributed by atoms with Crippen LogP contribution in [0.25, 0.3) is 0 Å². The van der Waals surface area contributed by atoms with Crippen LogP contribution in [0, 0.1) is 0 Å². The van der Waals surface area contributed by atoms with Crippen molar-refractivity contribution in [3.63, 3.8) is 0 Å². The van der Waals surface area contributed by atoms with Gasteiger partial charge in [-0.05, 0) is 61.0 Å². The molecule has 1 aromatic rings. The minimum atomic E-state index is -0.173. The molecule has 1 aliphatic rings. The number of amidine groups is 1. The summed E-state index contributed by atoms with van der Waals surface area (Å²) in [6.07, 6.45) is 5.06. The van der Waals surface area contributed by atoms with Crippen LogP contribution >= 0.6 is 23.1 Å². The van der Waals surface area contributed by atoms with E-state index in [4.69, 9.17) is 10.9 Å². The standard InChI is InChI=1S/C13H21N3OS2/c1-18-13(12(14)15-17)4-7-16(8-5-13)6-2-11-3-9-19-10-11/h3,9-10,17H,2,4-8H2,1H3,(H2,14,15). The van der Waals surface area contributed by atoms with Crippen LogP contribution in [0.5, 0.6) is 0 Å². The van der Waals surface area contributed by atoms with E-state index < -0.39 is 0 Å². The van der Waals surface area contributed by atoms with Gasteiger partial charge in [0.25, 0.3) is 0 Å². The van der Waals surface area contributed by atoms with Crippen molar-refractivity contribution in [1.82, 2.24) is 4.90 Å². The van der Waals surface area contributed by atoms with Crippen LogP contribution in [0.4, 0.5) is 0 Å². The topological polar surface area (TPSA) is 61.9 Å². The highest BCUT2D eigenvalue weighted by atomic mass is 32.2. The number of thioether (sulfide) groups is 1. The predicted octanol–water partition coefficient (Wildman–Crippen LogP) is 2.23. The van der Waals surface area contributed by atoms with Gasteiger partial charge in [0.1, 0.15) is 0 Å². The Morgan fingerprint density at radius 3 is 2.84 bits per heavy atom. The largest absolute Gasteiger partial charge is 0.409 e. The first-order valence-corrected chi connectivity index (χ1v) is 8.63. The summed E-state index contributed by atoms with van der Waals surface area (Å²) in [5.41, 5.74) is 7.27. The van der Waals surface area contributed by atoms with Gasteiger partial charge in [0.2, 0.25) is 0 Å². The van der Waals surface area contributed by atoms with Crippen molar-refractivity contribution in [2.24, 2.45) is 10.9 Å². The molecule has 6 heteroatoms. The van der Waals surface area contributed by atoms with E-state index in [0.717, 1.165) is 38.9 Å². The molecular formula is C13H21N3OS2. The summed E-state index contributed by atoms with van der Waals surface area (Å²) < 4.78 is -0.173. The van der Waals surface area contributed by atoms with Crippen molar-refractivity contribution in [2.75, 3.05) is 25.9 Å². The smallest absolute Gasteiger partial charge is 0.155 e. The first-order chi connectivity index (χ1) is 9.20. The molecule has 0 amide bonds. The fourth-order valence-electron chi connectivity index (χ4n) is 2.52. The maximum atomic E-state index is 8.91. The van der Waals surface area contributed by atoms with Gasteiger partial charge in [-0.2, -0.15) is 23.1 Å². The second kappa shape index (κ2) is 6.63. The zero-order valence-corrected chi connectivity index (χ0v) is 12.8. The van der Waals surface area contributed by atoms with E-state index in [1.807, 2.05) is 6.26 Å². The molecule has 4 nitrogen and oxygen atoms in total. The van der Waals surface area contributed by atoms with Crippen molar-refractivity contribution in [3.05, 3.63) is 22.4 Å². The van der Waals surface area contributed by atoms with Crippen LogP contribution in [-0.2, 0) is 6.42 Å². The Balaban J connectivity index is 1.84. The lowest BCUT2D eigenvalue weighted by Gasteiger charge is -2.39. The number of likely N-dealkylation sites (tertiary alicyclic amines) is 1.